The third-order valence-electron chi connectivity index (χ3n) is 8.60. The van der Waals surface area contributed by atoms with Gasteiger partial charge in [-0.25, -0.2) is 4.98 Å². The van der Waals surface area contributed by atoms with Gasteiger partial charge < -0.3 is 34.7 Å². The first-order chi connectivity index (χ1) is 21.1. The van der Waals surface area contributed by atoms with E-state index in [1.54, 1.807) is 13.2 Å². The molecule has 3 heterocycles. The van der Waals surface area contributed by atoms with E-state index in [1.165, 1.54) is 17.0 Å². The van der Waals surface area contributed by atoms with Gasteiger partial charge in [-0.2, -0.15) is 0 Å². The standard InChI is InChI=1S/C35H43N6O2/c1-26-25-41-30-14-6-5-13-29(30)38-35(33(41)32(26)27-10-3-4-11-27)37-17-9-19-40-22-20-39(21-23-40)18-8-16-36-24-28-12-7-15-31(43-2)34(28)42/h3-7,10-15,25,36,42H,8-9,16-24H2,1-2H3,(H,37,38). The largest absolute Gasteiger partial charge is 0.504 e. The van der Waals surface area contributed by atoms with Crippen LogP contribution in [-0.4, -0.2) is 83.8 Å². The van der Waals surface area contributed by atoms with E-state index in [4.69, 9.17) is 9.72 Å². The first-order valence-electron chi connectivity index (χ1n) is 15.5. The smallest absolute Gasteiger partial charge is 0.162 e. The quantitative estimate of drug-likeness (QED) is 0.195. The highest BCUT2D eigenvalue weighted by Gasteiger charge is 2.26. The number of hydrogen-bond donors (Lipinski definition) is 3. The lowest BCUT2D eigenvalue weighted by Gasteiger charge is -2.34. The van der Waals surface area contributed by atoms with Gasteiger partial charge >= 0.3 is 0 Å². The number of hydrogen-bond acceptors (Lipinski definition) is 7. The summed E-state index contributed by atoms with van der Waals surface area (Å²) in [7, 11) is 1.58. The second kappa shape index (κ2) is 14.0. The number of anilines is 1. The molecule has 225 valence electrons. The molecule has 2 aliphatic rings. The van der Waals surface area contributed by atoms with E-state index in [2.05, 4.69) is 87.9 Å². The highest BCUT2D eigenvalue weighted by molar-refractivity contribution is 5.89. The van der Waals surface area contributed by atoms with E-state index in [1.807, 2.05) is 12.1 Å². The van der Waals surface area contributed by atoms with Crippen LogP contribution in [0.15, 0.2) is 48.7 Å². The minimum absolute atomic E-state index is 0.230. The molecular weight excluding hydrogens is 536 g/mol. The molecule has 0 atom stereocenters. The number of phenolic OH excluding ortho intramolecular Hbond substituents is 1. The molecule has 43 heavy (non-hydrogen) atoms. The van der Waals surface area contributed by atoms with Gasteiger partial charge in [-0.05, 0) is 94.4 Å². The maximum atomic E-state index is 10.3. The number of nitrogens with zero attached hydrogens (tertiary/aromatic N) is 4. The van der Waals surface area contributed by atoms with Crippen molar-refractivity contribution in [2.75, 3.05) is 64.8 Å². The number of piperazine rings is 1. The van der Waals surface area contributed by atoms with E-state index in [0.717, 1.165) is 93.1 Å². The number of aromatic nitrogens is 2. The molecule has 0 bridgehead atoms. The molecular formula is C35H43N6O2. The Morgan fingerprint density at radius 3 is 2.37 bits per heavy atom. The van der Waals surface area contributed by atoms with Crippen molar-refractivity contribution < 1.29 is 9.84 Å². The summed E-state index contributed by atoms with van der Waals surface area (Å²) >= 11 is 0. The monoisotopic (exact) mass is 579 g/mol. The SMILES string of the molecule is COc1cccc(CNCCCN2CCN(CCCNc3nc4ccccc4n4cc(C)c([C]5[CH][CH][CH][CH]5)c34)CC2)c1O. The fourth-order valence-corrected chi connectivity index (χ4v) is 6.29. The second-order valence-electron chi connectivity index (χ2n) is 11.5. The average molecular weight is 580 g/mol. The van der Waals surface area contributed by atoms with Crippen LogP contribution >= 0.6 is 0 Å². The second-order valence-corrected chi connectivity index (χ2v) is 11.5. The molecule has 1 aliphatic heterocycles. The van der Waals surface area contributed by atoms with Crippen molar-refractivity contribution in [3.8, 4) is 11.5 Å². The molecule has 1 saturated carbocycles. The van der Waals surface area contributed by atoms with Gasteiger partial charge in [0, 0.05) is 56.9 Å². The third kappa shape index (κ3) is 6.77. The first-order valence-corrected chi connectivity index (χ1v) is 15.5. The van der Waals surface area contributed by atoms with Crippen molar-refractivity contribution in [1.82, 2.24) is 24.5 Å². The minimum Gasteiger partial charge on any atom is -0.504 e. The van der Waals surface area contributed by atoms with Gasteiger partial charge in [0.2, 0.25) is 0 Å². The molecule has 3 N–H and O–H groups in total. The van der Waals surface area contributed by atoms with Crippen LogP contribution in [0.5, 0.6) is 11.5 Å². The molecule has 6 rings (SSSR count). The summed E-state index contributed by atoms with van der Waals surface area (Å²) in [6, 6.07) is 14.0. The lowest BCUT2D eigenvalue weighted by Crippen LogP contribution is -2.47. The van der Waals surface area contributed by atoms with E-state index in [0.29, 0.717) is 12.3 Å². The van der Waals surface area contributed by atoms with Crippen molar-refractivity contribution in [1.29, 1.82) is 0 Å². The van der Waals surface area contributed by atoms with Gasteiger partial charge in [0.05, 0.1) is 23.7 Å². The predicted molar refractivity (Wildman–Crippen MR) is 174 cm³/mol. The van der Waals surface area contributed by atoms with Crippen molar-refractivity contribution in [2.45, 2.75) is 26.3 Å². The molecule has 8 heteroatoms. The fourth-order valence-electron chi connectivity index (χ4n) is 6.29. The zero-order valence-electron chi connectivity index (χ0n) is 25.4. The molecule has 2 aromatic carbocycles. The fraction of sp³-hybridized carbons (Fsp3) is 0.371. The molecule has 2 aromatic heterocycles. The predicted octanol–water partition coefficient (Wildman–Crippen LogP) is 4.86. The number of ether oxygens (including phenoxy) is 1. The summed E-state index contributed by atoms with van der Waals surface area (Å²) < 4.78 is 7.51. The molecule has 1 saturated heterocycles. The number of rotatable bonds is 13. The zero-order chi connectivity index (χ0) is 29.6. The molecule has 5 radical (unpaired) electrons. The van der Waals surface area contributed by atoms with Crippen LogP contribution in [0, 0.1) is 38.5 Å². The summed E-state index contributed by atoms with van der Waals surface area (Å²) in [5, 5.41) is 17.4. The number of aryl methyl sites for hydroxylation is 1. The Morgan fingerprint density at radius 2 is 1.63 bits per heavy atom. The third-order valence-corrected chi connectivity index (χ3v) is 8.60. The van der Waals surface area contributed by atoms with Crippen LogP contribution in [0.25, 0.3) is 16.6 Å². The zero-order valence-corrected chi connectivity index (χ0v) is 25.4. The van der Waals surface area contributed by atoms with Gasteiger partial charge in [0.25, 0.3) is 0 Å². The van der Waals surface area contributed by atoms with Crippen LogP contribution in [0.1, 0.15) is 29.5 Å². The number of methoxy groups -OCH3 is 1. The Morgan fingerprint density at radius 1 is 0.907 bits per heavy atom. The number of para-hydroxylation sites is 3. The summed E-state index contributed by atoms with van der Waals surface area (Å²) in [5.74, 6) is 2.95. The van der Waals surface area contributed by atoms with Crippen molar-refractivity contribution >= 4 is 22.4 Å². The van der Waals surface area contributed by atoms with Crippen LogP contribution in [-0.2, 0) is 6.54 Å². The topological polar surface area (TPSA) is 77.3 Å². The molecule has 1 aliphatic carbocycles. The molecule has 0 spiro atoms. The Hall–Kier alpha value is -3.33. The average Bonchev–Trinajstić information content (AvgIpc) is 3.68. The summed E-state index contributed by atoms with van der Waals surface area (Å²) in [4.78, 5) is 10.2. The van der Waals surface area contributed by atoms with E-state index in [9.17, 15) is 5.11 Å². The van der Waals surface area contributed by atoms with Gasteiger partial charge in [-0.3, -0.25) is 0 Å². The normalized spacial score (nSPS) is 16.9. The maximum absolute atomic E-state index is 10.3. The van der Waals surface area contributed by atoms with Crippen LogP contribution in [0.3, 0.4) is 0 Å². The number of benzene rings is 2. The van der Waals surface area contributed by atoms with Crippen molar-refractivity contribution in [3.63, 3.8) is 0 Å². The minimum atomic E-state index is 0.230. The summed E-state index contributed by atoms with van der Waals surface area (Å²) in [6.07, 6.45) is 13.0. The Balaban J connectivity index is 0.951. The first kappa shape index (κ1) is 29.7. The summed E-state index contributed by atoms with van der Waals surface area (Å²) in [6.45, 7) is 11.3. The van der Waals surface area contributed by atoms with Crippen LogP contribution in [0.2, 0.25) is 0 Å². The molecule has 4 aromatic rings. The number of phenols is 1. The van der Waals surface area contributed by atoms with E-state index < -0.39 is 0 Å². The lowest BCUT2D eigenvalue weighted by molar-refractivity contribution is 0.131. The van der Waals surface area contributed by atoms with Gasteiger partial charge in [-0.15, -0.1) is 0 Å². The highest BCUT2D eigenvalue weighted by atomic mass is 16.5. The number of fused-ring (bicyclic) bond motifs is 3. The van der Waals surface area contributed by atoms with E-state index >= 15 is 0 Å². The Bertz CT molecular complexity index is 1500. The highest BCUT2D eigenvalue weighted by Crippen LogP contribution is 2.39. The molecule has 0 amide bonds. The lowest BCUT2D eigenvalue weighted by atomic mass is 9.95. The van der Waals surface area contributed by atoms with E-state index in [-0.39, 0.29) is 5.75 Å². The number of aromatic hydroxyl groups is 1. The van der Waals surface area contributed by atoms with Crippen molar-refractivity contribution in [3.05, 3.63) is 97.0 Å². The molecule has 0 unspecified atom stereocenters. The van der Waals surface area contributed by atoms with Crippen molar-refractivity contribution in [2.24, 2.45) is 0 Å². The molecule has 2 fully saturated rings. The van der Waals surface area contributed by atoms with Crippen LogP contribution < -0.4 is 15.4 Å². The summed E-state index contributed by atoms with van der Waals surface area (Å²) in [5.41, 5.74) is 6.69. The molecule has 8 nitrogen and oxygen atoms in total. The van der Waals surface area contributed by atoms with Gasteiger partial charge in [0.15, 0.2) is 17.3 Å². The number of nitrogens with one attached hydrogen (secondary N) is 2. The Kier molecular flexibility index (Phi) is 9.66. The van der Waals surface area contributed by atoms with Crippen LogP contribution in [0.4, 0.5) is 5.82 Å². The van der Waals surface area contributed by atoms with Gasteiger partial charge in [-0.1, -0.05) is 24.3 Å². The Labute approximate surface area is 256 Å². The van der Waals surface area contributed by atoms with Gasteiger partial charge in [0.1, 0.15) is 0 Å². The maximum Gasteiger partial charge on any atom is 0.162 e.